The molecule has 17 heavy (non-hydrogen) atoms. The van der Waals surface area contributed by atoms with Crippen LogP contribution in [-0.4, -0.2) is 17.0 Å². The summed E-state index contributed by atoms with van der Waals surface area (Å²) < 4.78 is 0. The number of allylic oxidation sites excluding steroid dienone is 1. The number of carbonyl (C=O) groups is 2. The zero-order valence-electron chi connectivity index (χ0n) is 9.86. The molecule has 2 N–H and O–H groups in total. The van der Waals surface area contributed by atoms with E-state index in [0.717, 1.165) is 11.1 Å². The Bertz CT molecular complexity index is 442. The molecule has 1 amide bonds. The Labute approximate surface area is 100.0 Å². The van der Waals surface area contributed by atoms with Crippen LogP contribution in [0.25, 0.3) is 0 Å². The lowest BCUT2D eigenvalue weighted by atomic mass is 10.1. The first kappa shape index (κ1) is 13.0. The lowest BCUT2D eigenvalue weighted by Gasteiger charge is -2.03. The van der Waals surface area contributed by atoms with Crippen molar-refractivity contribution in [3.05, 3.63) is 47.0 Å². The fourth-order valence-electron chi connectivity index (χ4n) is 1.27. The maximum atomic E-state index is 11.3. The molecule has 0 aliphatic rings. The molecule has 0 saturated carbocycles. The molecule has 1 rings (SSSR count). The Balaban J connectivity index is 2.56. The molecule has 0 bridgehead atoms. The average molecular weight is 233 g/mol. The smallest absolute Gasteiger partial charge is 0.335 e. The Morgan fingerprint density at radius 1 is 1.24 bits per heavy atom. The van der Waals surface area contributed by atoms with Crippen LogP contribution < -0.4 is 5.32 Å². The summed E-state index contributed by atoms with van der Waals surface area (Å²) in [7, 11) is 0. The number of benzene rings is 1. The van der Waals surface area contributed by atoms with Gasteiger partial charge in [-0.1, -0.05) is 17.7 Å². The summed E-state index contributed by atoms with van der Waals surface area (Å²) in [5.74, 6) is -1.10. The van der Waals surface area contributed by atoms with Crippen molar-refractivity contribution in [2.75, 3.05) is 0 Å². The summed E-state index contributed by atoms with van der Waals surface area (Å²) in [5.41, 5.74) is 2.04. The Hall–Kier alpha value is -2.10. The highest BCUT2D eigenvalue weighted by Crippen LogP contribution is 2.04. The second-order valence-electron chi connectivity index (χ2n) is 3.94. The number of rotatable bonds is 4. The summed E-state index contributed by atoms with van der Waals surface area (Å²) >= 11 is 0. The molecule has 4 heteroatoms. The van der Waals surface area contributed by atoms with Gasteiger partial charge in [-0.2, -0.15) is 0 Å². The van der Waals surface area contributed by atoms with Gasteiger partial charge < -0.3 is 10.4 Å². The molecule has 0 fully saturated rings. The van der Waals surface area contributed by atoms with Gasteiger partial charge in [-0.3, -0.25) is 4.79 Å². The van der Waals surface area contributed by atoms with Gasteiger partial charge in [-0.25, -0.2) is 4.79 Å². The Kier molecular flexibility index (Phi) is 4.46. The minimum absolute atomic E-state index is 0.146. The van der Waals surface area contributed by atoms with Gasteiger partial charge in [0.15, 0.2) is 0 Å². The van der Waals surface area contributed by atoms with Crippen LogP contribution in [0.4, 0.5) is 0 Å². The molecule has 0 atom stereocenters. The van der Waals surface area contributed by atoms with E-state index < -0.39 is 5.97 Å². The van der Waals surface area contributed by atoms with E-state index in [-0.39, 0.29) is 11.5 Å². The maximum absolute atomic E-state index is 11.3. The quantitative estimate of drug-likeness (QED) is 0.781. The summed E-state index contributed by atoms with van der Waals surface area (Å²) in [5, 5.41) is 11.4. The number of carbonyl (C=O) groups excluding carboxylic acids is 1. The highest BCUT2D eigenvalue weighted by Gasteiger charge is 2.02. The van der Waals surface area contributed by atoms with E-state index in [2.05, 4.69) is 5.32 Å². The minimum atomic E-state index is -0.954. The predicted octanol–water partition coefficient (Wildman–Crippen LogP) is 1.97. The predicted molar refractivity (Wildman–Crippen MR) is 64.7 cm³/mol. The van der Waals surface area contributed by atoms with Gasteiger partial charge >= 0.3 is 5.97 Å². The molecule has 0 aromatic heterocycles. The summed E-state index contributed by atoms with van der Waals surface area (Å²) in [6.07, 6.45) is 1.52. The third-order valence-corrected chi connectivity index (χ3v) is 2.09. The number of nitrogens with one attached hydrogen (secondary N) is 1. The molecule has 1 aromatic rings. The zero-order chi connectivity index (χ0) is 12.8. The van der Waals surface area contributed by atoms with E-state index in [1.807, 2.05) is 13.8 Å². The molecule has 0 spiro atoms. The Morgan fingerprint density at radius 3 is 2.29 bits per heavy atom. The van der Waals surface area contributed by atoms with E-state index >= 15 is 0 Å². The van der Waals surface area contributed by atoms with E-state index in [1.165, 1.54) is 18.2 Å². The van der Waals surface area contributed by atoms with Crippen LogP contribution in [0.5, 0.6) is 0 Å². The zero-order valence-corrected chi connectivity index (χ0v) is 9.86. The first-order valence-corrected chi connectivity index (χ1v) is 5.24. The average Bonchev–Trinajstić information content (AvgIpc) is 2.26. The van der Waals surface area contributed by atoms with Gasteiger partial charge in [0.25, 0.3) is 0 Å². The van der Waals surface area contributed by atoms with Gasteiger partial charge in [0, 0.05) is 12.6 Å². The van der Waals surface area contributed by atoms with Crippen molar-refractivity contribution in [2.45, 2.75) is 20.4 Å². The third kappa shape index (κ3) is 4.51. The summed E-state index contributed by atoms with van der Waals surface area (Å²) in [4.78, 5) is 21.9. The molecule has 0 radical (unpaired) electrons. The first-order chi connectivity index (χ1) is 7.99. The standard InChI is InChI=1S/C13H15NO3/c1-9(2)7-12(15)14-8-10-3-5-11(6-4-10)13(16)17/h3-7H,8H2,1-2H3,(H,14,15)(H,16,17). The van der Waals surface area contributed by atoms with Gasteiger partial charge in [0.05, 0.1) is 5.56 Å². The SMILES string of the molecule is CC(C)=CC(=O)NCc1ccc(C(=O)O)cc1. The molecule has 0 aliphatic carbocycles. The second-order valence-corrected chi connectivity index (χ2v) is 3.94. The molecular weight excluding hydrogens is 218 g/mol. The van der Waals surface area contributed by atoms with Gasteiger partial charge in [0.2, 0.25) is 5.91 Å². The van der Waals surface area contributed by atoms with Crippen LogP contribution in [-0.2, 0) is 11.3 Å². The largest absolute Gasteiger partial charge is 0.478 e. The van der Waals surface area contributed by atoms with Crippen LogP contribution in [0.1, 0.15) is 29.8 Å². The number of hydrogen-bond acceptors (Lipinski definition) is 2. The lowest BCUT2D eigenvalue weighted by Crippen LogP contribution is -2.20. The second kappa shape index (κ2) is 5.84. The number of carboxylic acids is 1. The number of carboxylic acid groups (broad SMARTS) is 1. The molecule has 0 saturated heterocycles. The highest BCUT2D eigenvalue weighted by atomic mass is 16.4. The molecule has 1 aromatic carbocycles. The molecule has 0 heterocycles. The molecule has 0 aliphatic heterocycles. The summed E-state index contributed by atoms with van der Waals surface area (Å²) in [6.45, 7) is 4.09. The summed E-state index contributed by atoms with van der Waals surface area (Å²) in [6, 6.07) is 6.41. The van der Waals surface area contributed by atoms with Crippen molar-refractivity contribution in [1.29, 1.82) is 0 Å². The maximum Gasteiger partial charge on any atom is 0.335 e. The van der Waals surface area contributed by atoms with E-state index in [0.29, 0.717) is 6.54 Å². The fourth-order valence-corrected chi connectivity index (χ4v) is 1.27. The first-order valence-electron chi connectivity index (χ1n) is 5.24. The van der Waals surface area contributed by atoms with Crippen molar-refractivity contribution in [1.82, 2.24) is 5.32 Å². The van der Waals surface area contributed by atoms with Crippen molar-refractivity contribution in [3.63, 3.8) is 0 Å². The van der Waals surface area contributed by atoms with Crippen LogP contribution in [0.15, 0.2) is 35.9 Å². The van der Waals surface area contributed by atoms with Gasteiger partial charge in [-0.15, -0.1) is 0 Å². The van der Waals surface area contributed by atoms with Crippen molar-refractivity contribution >= 4 is 11.9 Å². The molecular formula is C13H15NO3. The van der Waals surface area contributed by atoms with Gasteiger partial charge in [-0.05, 0) is 31.5 Å². The Morgan fingerprint density at radius 2 is 1.82 bits per heavy atom. The minimum Gasteiger partial charge on any atom is -0.478 e. The molecule has 90 valence electrons. The topological polar surface area (TPSA) is 66.4 Å². The normalized spacial score (nSPS) is 9.53. The van der Waals surface area contributed by atoms with Crippen LogP contribution in [0, 0.1) is 0 Å². The fraction of sp³-hybridized carbons (Fsp3) is 0.231. The van der Waals surface area contributed by atoms with Crippen LogP contribution >= 0.6 is 0 Å². The van der Waals surface area contributed by atoms with Gasteiger partial charge in [0.1, 0.15) is 0 Å². The van der Waals surface area contributed by atoms with Crippen LogP contribution in [0.3, 0.4) is 0 Å². The number of hydrogen-bond donors (Lipinski definition) is 2. The van der Waals surface area contributed by atoms with Crippen molar-refractivity contribution in [3.8, 4) is 0 Å². The monoisotopic (exact) mass is 233 g/mol. The van der Waals surface area contributed by atoms with Crippen molar-refractivity contribution in [2.24, 2.45) is 0 Å². The van der Waals surface area contributed by atoms with Crippen LogP contribution in [0.2, 0.25) is 0 Å². The van der Waals surface area contributed by atoms with Crippen molar-refractivity contribution < 1.29 is 14.7 Å². The molecule has 4 nitrogen and oxygen atoms in total. The van der Waals surface area contributed by atoms with E-state index in [4.69, 9.17) is 5.11 Å². The highest BCUT2D eigenvalue weighted by molar-refractivity contribution is 5.88. The number of aromatic carboxylic acids is 1. The van der Waals surface area contributed by atoms with E-state index in [9.17, 15) is 9.59 Å². The lowest BCUT2D eigenvalue weighted by molar-refractivity contribution is -0.116. The molecule has 0 unspecified atom stereocenters. The number of amides is 1. The van der Waals surface area contributed by atoms with E-state index in [1.54, 1.807) is 12.1 Å². The third-order valence-electron chi connectivity index (χ3n) is 2.09.